The molecule has 6 heteroatoms. The smallest absolute Gasteiger partial charge is 0.224 e. The van der Waals surface area contributed by atoms with Gasteiger partial charge in [-0.1, -0.05) is 12.1 Å². The minimum absolute atomic E-state index is 0.135. The van der Waals surface area contributed by atoms with Crippen molar-refractivity contribution in [3.8, 4) is 0 Å². The van der Waals surface area contributed by atoms with E-state index in [9.17, 15) is 9.18 Å². The fourth-order valence-electron chi connectivity index (χ4n) is 1.91. The van der Waals surface area contributed by atoms with Crippen molar-refractivity contribution in [1.82, 2.24) is 10.3 Å². The summed E-state index contributed by atoms with van der Waals surface area (Å²) in [5.74, 6) is -0.210. The molecule has 1 aromatic heterocycles. The van der Waals surface area contributed by atoms with Gasteiger partial charge in [0, 0.05) is 24.8 Å². The highest BCUT2D eigenvalue weighted by atomic mass is 19.1. The number of hydrogen-bond donors (Lipinski definition) is 3. The highest BCUT2D eigenvalue weighted by Crippen LogP contribution is 2.10. The number of anilines is 1. The van der Waals surface area contributed by atoms with Crippen molar-refractivity contribution in [2.45, 2.75) is 19.5 Å². The molecule has 5 nitrogen and oxygen atoms in total. The molecule has 0 atom stereocenters. The number of carbonyl (C=O) groups is 1. The predicted molar refractivity (Wildman–Crippen MR) is 78.5 cm³/mol. The van der Waals surface area contributed by atoms with Crippen LogP contribution in [0.5, 0.6) is 0 Å². The molecule has 0 saturated carbocycles. The van der Waals surface area contributed by atoms with E-state index in [0.717, 1.165) is 11.1 Å². The number of nitrogens with one attached hydrogen (secondary N) is 1. The van der Waals surface area contributed by atoms with E-state index in [1.54, 1.807) is 30.5 Å². The molecule has 0 aliphatic heterocycles. The van der Waals surface area contributed by atoms with E-state index >= 15 is 0 Å². The standard InChI is InChI=1S/C15H17FN4O/c16-13-5-11(8-17)1-2-12(13)9-20-15(21)7-10-3-4-19-14(18)6-10/h1-6H,7-9,17H2,(H2,18,19)(H,20,21). The molecule has 1 amide bonds. The fraction of sp³-hybridized carbons (Fsp3) is 0.200. The third kappa shape index (κ3) is 4.25. The van der Waals surface area contributed by atoms with E-state index in [-0.39, 0.29) is 31.2 Å². The van der Waals surface area contributed by atoms with E-state index in [4.69, 9.17) is 11.5 Å². The molecular formula is C15H17FN4O. The third-order valence-corrected chi connectivity index (χ3v) is 3.04. The lowest BCUT2D eigenvalue weighted by Gasteiger charge is -2.08. The Morgan fingerprint density at radius 2 is 2.05 bits per heavy atom. The van der Waals surface area contributed by atoms with E-state index < -0.39 is 0 Å². The Morgan fingerprint density at radius 1 is 1.24 bits per heavy atom. The first-order valence-corrected chi connectivity index (χ1v) is 6.53. The maximum atomic E-state index is 13.7. The van der Waals surface area contributed by atoms with Crippen LogP contribution in [0.15, 0.2) is 36.5 Å². The minimum Gasteiger partial charge on any atom is -0.384 e. The van der Waals surface area contributed by atoms with Gasteiger partial charge >= 0.3 is 0 Å². The van der Waals surface area contributed by atoms with Crippen LogP contribution < -0.4 is 16.8 Å². The molecule has 110 valence electrons. The second-order valence-electron chi connectivity index (χ2n) is 4.67. The van der Waals surface area contributed by atoms with Gasteiger partial charge in [-0.05, 0) is 29.3 Å². The fourth-order valence-corrected chi connectivity index (χ4v) is 1.91. The van der Waals surface area contributed by atoms with Crippen LogP contribution in [-0.2, 0) is 24.3 Å². The molecule has 0 bridgehead atoms. The van der Waals surface area contributed by atoms with Gasteiger partial charge in [-0.15, -0.1) is 0 Å². The Balaban J connectivity index is 1.92. The summed E-state index contributed by atoms with van der Waals surface area (Å²) in [6.07, 6.45) is 1.72. The Labute approximate surface area is 122 Å². The number of nitrogens with two attached hydrogens (primary N) is 2. The minimum atomic E-state index is -0.369. The number of rotatable bonds is 5. The molecule has 0 spiro atoms. The molecule has 0 radical (unpaired) electrons. The van der Waals surface area contributed by atoms with Crippen molar-refractivity contribution in [2.75, 3.05) is 5.73 Å². The van der Waals surface area contributed by atoms with Crippen LogP contribution in [0.4, 0.5) is 10.2 Å². The zero-order valence-electron chi connectivity index (χ0n) is 11.5. The molecule has 0 aliphatic carbocycles. The van der Waals surface area contributed by atoms with Gasteiger partial charge in [0.2, 0.25) is 5.91 Å². The van der Waals surface area contributed by atoms with E-state index in [1.165, 1.54) is 6.07 Å². The summed E-state index contributed by atoms with van der Waals surface area (Å²) in [6.45, 7) is 0.420. The van der Waals surface area contributed by atoms with Crippen molar-refractivity contribution >= 4 is 11.7 Å². The topological polar surface area (TPSA) is 94.0 Å². The van der Waals surface area contributed by atoms with Crippen LogP contribution in [0.1, 0.15) is 16.7 Å². The molecule has 0 fully saturated rings. The highest BCUT2D eigenvalue weighted by molar-refractivity contribution is 5.78. The average molecular weight is 288 g/mol. The zero-order valence-corrected chi connectivity index (χ0v) is 11.5. The van der Waals surface area contributed by atoms with Gasteiger partial charge < -0.3 is 16.8 Å². The normalized spacial score (nSPS) is 10.4. The second kappa shape index (κ2) is 6.81. The maximum Gasteiger partial charge on any atom is 0.224 e. The number of carbonyl (C=O) groups excluding carboxylic acids is 1. The van der Waals surface area contributed by atoms with Gasteiger partial charge in [0.05, 0.1) is 6.42 Å². The molecule has 1 aromatic carbocycles. The first-order valence-electron chi connectivity index (χ1n) is 6.53. The van der Waals surface area contributed by atoms with Gasteiger partial charge in [0.15, 0.2) is 0 Å². The average Bonchev–Trinajstić information content (AvgIpc) is 2.46. The summed E-state index contributed by atoms with van der Waals surface area (Å²) in [7, 11) is 0. The van der Waals surface area contributed by atoms with Crippen LogP contribution in [0, 0.1) is 5.82 Å². The summed E-state index contributed by atoms with van der Waals surface area (Å²) in [5, 5.41) is 2.67. The monoisotopic (exact) mass is 288 g/mol. The molecule has 2 aromatic rings. The van der Waals surface area contributed by atoms with Crippen LogP contribution >= 0.6 is 0 Å². The Bertz CT molecular complexity index is 645. The van der Waals surface area contributed by atoms with Gasteiger partial charge in [-0.2, -0.15) is 0 Å². The number of nitrogen functional groups attached to an aromatic ring is 1. The largest absolute Gasteiger partial charge is 0.384 e. The first-order chi connectivity index (χ1) is 10.1. The lowest BCUT2D eigenvalue weighted by atomic mass is 10.1. The van der Waals surface area contributed by atoms with E-state index in [0.29, 0.717) is 11.4 Å². The van der Waals surface area contributed by atoms with Gasteiger partial charge in [-0.25, -0.2) is 9.37 Å². The number of benzene rings is 1. The number of aromatic nitrogens is 1. The maximum absolute atomic E-state index is 13.7. The predicted octanol–water partition coefficient (Wildman–Crippen LogP) is 1.12. The summed E-state index contributed by atoms with van der Waals surface area (Å²) in [5.41, 5.74) is 12.9. The Kier molecular flexibility index (Phi) is 4.84. The van der Waals surface area contributed by atoms with Gasteiger partial charge in [0.25, 0.3) is 0 Å². The molecule has 0 aliphatic rings. The summed E-state index contributed by atoms with van der Waals surface area (Å²) >= 11 is 0. The Morgan fingerprint density at radius 3 is 2.71 bits per heavy atom. The van der Waals surface area contributed by atoms with Crippen molar-refractivity contribution in [2.24, 2.45) is 5.73 Å². The van der Waals surface area contributed by atoms with Gasteiger partial charge in [0.1, 0.15) is 11.6 Å². The summed E-state index contributed by atoms with van der Waals surface area (Å²) in [4.78, 5) is 15.7. The molecule has 2 rings (SSSR count). The molecule has 5 N–H and O–H groups in total. The molecule has 0 unspecified atom stereocenters. The van der Waals surface area contributed by atoms with Crippen LogP contribution in [0.25, 0.3) is 0 Å². The molecular weight excluding hydrogens is 271 g/mol. The van der Waals surface area contributed by atoms with Crippen molar-refractivity contribution in [3.05, 3.63) is 59.0 Å². The number of halogens is 1. The number of pyridine rings is 1. The van der Waals surface area contributed by atoms with Crippen molar-refractivity contribution in [1.29, 1.82) is 0 Å². The van der Waals surface area contributed by atoms with E-state index in [1.807, 2.05) is 0 Å². The van der Waals surface area contributed by atoms with Crippen LogP contribution in [0.2, 0.25) is 0 Å². The quantitative estimate of drug-likeness (QED) is 0.768. The second-order valence-corrected chi connectivity index (χ2v) is 4.67. The van der Waals surface area contributed by atoms with Crippen molar-refractivity contribution < 1.29 is 9.18 Å². The van der Waals surface area contributed by atoms with Crippen LogP contribution in [0.3, 0.4) is 0 Å². The zero-order chi connectivity index (χ0) is 15.2. The van der Waals surface area contributed by atoms with Crippen LogP contribution in [-0.4, -0.2) is 10.9 Å². The number of amides is 1. The lowest BCUT2D eigenvalue weighted by Crippen LogP contribution is -2.25. The molecule has 21 heavy (non-hydrogen) atoms. The number of nitrogens with zero attached hydrogens (tertiary/aromatic N) is 1. The summed E-state index contributed by atoms with van der Waals surface area (Å²) < 4.78 is 13.7. The SMILES string of the molecule is NCc1ccc(CNC(=O)Cc2ccnc(N)c2)c(F)c1. The number of hydrogen-bond acceptors (Lipinski definition) is 4. The molecule has 0 saturated heterocycles. The lowest BCUT2D eigenvalue weighted by molar-refractivity contribution is -0.120. The van der Waals surface area contributed by atoms with Crippen molar-refractivity contribution in [3.63, 3.8) is 0 Å². The highest BCUT2D eigenvalue weighted by Gasteiger charge is 2.07. The third-order valence-electron chi connectivity index (χ3n) is 3.04. The van der Waals surface area contributed by atoms with Gasteiger partial charge in [-0.3, -0.25) is 4.79 Å². The first kappa shape index (κ1) is 14.9. The molecule has 1 heterocycles. The Hall–Kier alpha value is -2.47. The summed E-state index contributed by atoms with van der Waals surface area (Å²) in [6, 6.07) is 8.10. The van der Waals surface area contributed by atoms with E-state index in [2.05, 4.69) is 10.3 Å².